The molecule has 3 heterocycles. The lowest BCUT2D eigenvalue weighted by Gasteiger charge is -2.33. The van der Waals surface area contributed by atoms with Crippen molar-refractivity contribution >= 4 is 28.8 Å². The highest BCUT2D eigenvalue weighted by Crippen LogP contribution is 2.26. The van der Waals surface area contributed by atoms with E-state index in [0.29, 0.717) is 36.2 Å². The Bertz CT molecular complexity index is 490. The van der Waals surface area contributed by atoms with E-state index in [0.717, 1.165) is 13.1 Å². The third-order valence-corrected chi connectivity index (χ3v) is 5.20. The zero-order valence-corrected chi connectivity index (χ0v) is 12.6. The van der Waals surface area contributed by atoms with Crippen molar-refractivity contribution in [3.8, 4) is 0 Å². The van der Waals surface area contributed by atoms with Crippen LogP contribution < -0.4 is 0 Å². The first-order valence-corrected chi connectivity index (χ1v) is 7.94. The van der Waals surface area contributed by atoms with Gasteiger partial charge >= 0.3 is 0 Å². The van der Waals surface area contributed by atoms with Crippen molar-refractivity contribution < 1.29 is 14.6 Å². The van der Waals surface area contributed by atoms with Gasteiger partial charge in [-0.2, -0.15) is 0 Å². The fourth-order valence-corrected chi connectivity index (χ4v) is 3.90. The van der Waals surface area contributed by atoms with Crippen molar-refractivity contribution in [2.75, 3.05) is 39.4 Å². The number of hydrogen-bond acceptors (Lipinski definition) is 5. The van der Waals surface area contributed by atoms with Gasteiger partial charge in [0, 0.05) is 26.2 Å². The second-order valence-electron chi connectivity index (χ2n) is 5.09. The molecule has 3 rings (SSSR count). The summed E-state index contributed by atoms with van der Waals surface area (Å²) in [5.41, 5.74) is 0. The molecule has 7 heteroatoms. The zero-order valence-electron chi connectivity index (χ0n) is 11.0. The molecule has 2 aliphatic heterocycles. The topological polar surface area (TPSA) is 53.0 Å². The number of carbonyl (C=O) groups excluding carboxylic acids is 1. The predicted molar refractivity (Wildman–Crippen MR) is 77.4 cm³/mol. The molecular weight excluding hydrogens is 300 g/mol. The predicted octanol–water partition coefficient (Wildman–Crippen LogP) is 0.919. The second kappa shape index (κ2) is 5.99. The van der Waals surface area contributed by atoms with E-state index in [1.165, 1.54) is 11.3 Å². The van der Waals surface area contributed by atoms with E-state index in [4.69, 9.17) is 16.3 Å². The molecule has 0 bridgehead atoms. The summed E-state index contributed by atoms with van der Waals surface area (Å²) in [5, 5.41) is 12.5. The van der Waals surface area contributed by atoms with E-state index in [2.05, 4.69) is 4.90 Å². The summed E-state index contributed by atoms with van der Waals surface area (Å²) in [5.74, 6) is -0.0835. The molecule has 0 spiro atoms. The molecule has 0 saturated carbocycles. The fraction of sp³-hybridized carbons (Fsp3) is 0.615. The number of amides is 1. The van der Waals surface area contributed by atoms with Gasteiger partial charge in [-0.05, 0) is 11.4 Å². The molecule has 1 aromatic rings. The molecule has 1 aromatic heterocycles. The standard InChI is InChI=1S/C13H17ClN2O3S/c14-9-1-6-20-12(9)13(18)16-7-10(11(17)8-16)15-2-4-19-5-3-15/h1,6,10-11,17H,2-5,7-8H2/t10-,11-/m1/s1. The van der Waals surface area contributed by atoms with Gasteiger partial charge in [0.15, 0.2) is 0 Å². The number of morpholine rings is 1. The van der Waals surface area contributed by atoms with Crippen LogP contribution in [0.2, 0.25) is 5.02 Å². The third kappa shape index (κ3) is 2.71. The van der Waals surface area contributed by atoms with Gasteiger partial charge in [-0.3, -0.25) is 9.69 Å². The van der Waals surface area contributed by atoms with E-state index >= 15 is 0 Å². The van der Waals surface area contributed by atoms with Crippen LogP contribution in [0.4, 0.5) is 0 Å². The van der Waals surface area contributed by atoms with Gasteiger partial charge in [0.1, 0.15) is 4.88 Å². The van der Waals surface area contributed by atoms with Gasteiger partial charge in [0.2, 0.25) is 0 Å². The number of rotatable bonds is 2. The number of ether oxygens (including phenoxy) is 1. The van der Waals surface area contributed by atoms with Crippen molar-refractivity contribution in [1.29, 1.82) is 0 Å². The number of nitrogens with zero attached hydrogens (tertiary/aromatic N) is 2. The lowest BCUT2D eigenvalue weighted by atomic mass is 10.2. The first-order chi connectivity index (χ1) is 9.66. The van der Waals surface area contributed by atoms with Crippen LogP contribution >= 0.6 is 22.9 Å². The molecule has 110 valence electrons. The first kappa shape index (κ1) is 14.3. The SMILES string of the molecule is O=C(c1sccc1Cl)N1C[C@@H](O)[C@H](N2CCOCC2)C1. The van der Waals surface area contributed by atoms with E-state index < -0.39 is 6.10 Å². The lowest BCUT2D eigenvalue weighted by molar-refractivity contribution is -0.00611. The summed E-state index contributed by atoms with van der Waals surface area (Å²) >= 11 is 7.35. The zero-order chi connectivity index (χ0) is 14.1. The molecule has 2 aliphatic rings. The molecule has 20 heavy (non-hydrogen) atoms. The largest absolute Gasteiger partial charge is 0.390 e. The number of likely N-dealkylation sites (tertiary alicyclic amines) is 1. The highest BCUT2D eigenvalue weighted by atomic mass is 35.5. The lowest BCUT2D eigenvalue weighted by Crippen LogP contribution is -2.49. The maximum atomic E-state index is 12.4. The Balaban J connectivity index is 1.68. The average Bonchev–Trinajstić information content (AvgIpc) is 3.05. The molecule has 2 fully saturated rings. The quantitative estimate of drug-likeness (QED) is 0.881. The number of hydrogen-bond donors (Lipinski definition) is 1. The highest BCUT2D eigenvalue weighted by Gasteiger charge is 2.38. The van der Waals surface area contributed by atoms with Crippen LogP contribution in [-0.2, 0) is 4.74 Å². The number of thiophene rings is 1. The molecule has 2 saturated heterocycles. The molecule has 0 unspecified atom stereocenters. The van der Waals surface area contributed by atoms with Gasteiger partial charge in [-0.1, -0.05) is 11.6 Å². The second-order valence-corrected chi connectivity index (χ2v) is 6.41. The third-order valence-electron chi connectivity index (χ3n) is 3.87. The summed E-state index contributed by atoms with van der Waals surface area (Å²) < 4.78 is 5.32. The number of halogens is 1. The van der Waals surface area contributed by atoms with Crippen molar-refractivity contribution in [2.24, 2.45) is 0 Å². The average molecular weight is 317 g/mol. The van der Waals surface area contributed by atoms with Gasteiger partial charge in [-0.25, -0.2) is 0 Å². The Hall–Kier alpha value is -0.660. The molecule has 2 atom stereocenters. The van der Waals surface area contributed by atoms with E-state index in [1.54, 1.807) is 11.0 Å². The number of carbonyl (C=O) groups is 1. The molecule has 1 N–H and O–H groups in total. The van der Waals surface area contributed by atoms with Crippen molar-refractivity contribution in [3.05, 3.63) is 21.3 Å². The summed E-state index contributed by atoms with van der Waals surface area (Å²) in [7, 11) is 0. The van der Waals surface area contributed by atoms with Gasteiger partial charge in [0.05, 0.1) is 30.4 Å². The Morgan fingerprint density at radius 3 is 2.80 bits per heavy atom. The molecule has 0 aliphatic carbocycles. The smallest absolute Gasteiger partial charge is 0.265 e. The van der Waals surface area contributed by atoms with Crippen LogP contribution in [0.3, 0.4) is 0 Å². The minimum absolute atomic E-state index is 0.00147. The van der Waals surface area contributed by atoms with Crippen LogP contribution in [0, 0.1) is 0 Å². The molecule has 1 amide bonds. The summed E-state index contributed by atoms with van der Waals surface area (Å²) in [6, 6.07) is 1.73. The fourth-order valence-electron chi connectivity index (χ4n) is 2.79. The minimum atomic E-state index is -0.504. The van der Waals surface area contributed by atoms with Gasteiger partial charge in [-0.15, -0.1) is 11.3 Å². The summed E-state index contributed by atoms with van der Waals surface area (Å²) in [6.07, 6.45) is -0.504. The molecule has 0 radical (unpaired) electrons. The summed E-state index contributed by atoms with van der Waals surface area (Å²) in [4.78, 5) is 16.9. The monoisotopic (exact) mass is 316 g/mol. The summed E-state index contributed by atoms with van der Waals surface area (Å²) in [6.45, 7) is 3.91. The Morgan fingerprint density at radius 2 is 2.15 bits per heavy atom. The van der Waals surface area contributed by atoms with Crippen LogP contribution in [0.15, 0.2) is 11.4 Å². The van der Waals surface area contributed by atoms with Gasteiger partial charge < -0.3 is 14.7 Å². The number of aliphatic hydroxyl groups excluding tert-OH is 1. The van der Waals surface area contributed by atoms with E-state index in [-0.39, 0.29) is 11.9 Å². The molecular formula is C13H17ClN2O3S. The Morgan fingerprint density at radius 1 is 1.40 bits per heavy atom. The normalized spacial score (nSPS) is 28.0. The van der Waals surface area contributed by atoms with Crippen LogP contribution in [0.5, 0.6) is 0 Å². The Labute approximate surface area is 126 Å². The van der Waals surface area contributed by atoms with E-state index in [9.17, 15) is 9.90 Å². The number of aliphatic hydroxyl groups is 1. The van der Waals surface area contributed by atoms with Crippen molar-refractivity contribution in [2.45, 2.75) is 12.1 Å². The van der Waals surface area contributed by atoms with E-state index in [1.807, 2.05) is 5.38 Å². The van der Waals surface area contributed by atoms with Crippen LogP contribution in [0.25, 0.3) is 0 Å². The van der Waals surface area contributed by atoms with Crippen molar-refractivity contribution in [3.63, 3.8) is 0 Å². The molecule has 5 nitrogen and oxygen atoms in total. The number of β-amino-alcohol motifs (C(OH)–C–C–N with tert-alkyl or cyclic N) is 1. The van der Waals surface area contributed by atoms with Crippen LogP contribution in [-0.4, -0.2) is 72.4 Å². The Kier molecular flexibility index (Phi) is 4.28. The van der Waals surface area contributed by atoms with Crippen LogP contribution in [0.1, 0.15) is 9.67 Å². The van der Waals surface area contributed by atoms with Gasteiger partial charge in [0.25, 0.3) is 5.91 Å². The minimum Gasteiger partial charge on any atom is -0.390 e. The first-order valence-electron chi connectivity index (χ1n) is 6.69. The maximum Gasteiger partial charge on any atom is 0.265 e. The van der Waals surface area contributed by atoms with Crippen molar-refractivity contribution in [1.82, 2.24) is 9.80 Å². The highest BCUT2D eigenvalue weighted by molar-refractivity contribution is 7.12. The molecule has 0 aromatic carbocycles. The maximum absolute atomic E-state index is 12.4.